The normalized spacial score (nSPS) is 23.2. The summed E-state index contributed by atoms with van der Waals surface area (Å²) in [6.07, 6.45) is -0.455. The van der Waals surface area contributed by atoms with Crippen LogP contribution in [-0.4, -0.2) is 28.3 Å². The highest BCUT2D eigenvalue weighted by Gasteiger charge is 2.53. The molecule has 2 aliphatic rings. The van der Waals surface area contributed by atoms with Gasteiger partial charge in [0.25, 0.3) is 11.5 Å². The average Bonchev–Trinajstić information content (AvgIpc) is 2.61. The average molecular weight is 347 g/mol. The van der Waals surface area contributed by atoms with Gasteiger partial charge in [-0.2, -0.15) is 0 Å². The quantitative estimate of drug-likeness (QED) is 0.724. The van der Waals surface area contributed by atoms with Gasteiger partial charge in [-0.1, -0.05) is 0 Å². The molecule has 0 atom stereocenters. The van der Waals surface area contributed by atoms with Crippen LogP contribution in [0.25, 0.3) is 0 Å². The summed E-state index contributed by atoms with van der Waals surface area (Å²) in [6, 6.07) is 3.09. The molecular weight excluding hydrogens is 334 g/mol. The first-order valence-corrected chi connectivity index (χ1v) is 7.16. The van der Waals surface area contributed by atoms with Gasteiger partial charge in [-0.05, 0) is 40.9 Å². The molecule has 3 rings (SSSR count). The lowest BCUT2D eigenvalue weighted by molar-refractivity contribution is -0.0898. The van der Waals surface area contributed by atoms with Gasteiger partial charge in [0.1, 0.15) is 11.4 Å². The molecule has 108 valence electrons. The lowest BCUT2D eigenvalue weighted by Crippen LogP contribution is -2.52. The Hall–Kier alpha value is -1.24. The van der Waals surface area contributed by atoms with Crippen molar-refractivity contribution in [3.8, 4) is 0 Å². The molecule has 1 aliphatic carbocycles. The van der Waals surface area contributed by atoms with Crippen LogP contribution in [0.5, 0.6) is 0 Å². The summed E-state index contributed by atoms with van der Waals surface area (Å²) >= 11 is 3.15. The topological polar surface area (TPSA) is 42.3 Å². The van der Waals surface area contributed by atoms with Crippen LogP contribution in [0.3, 0.4) is 0 Å². The van der Waals surface area contributed by atoms with Crippen molar-refractivity contribution in [2.45, 2.75) is 37.3 Å². The fraction of sp³-hybridized carbons (Fsp3) is 0.538. The largest absolute Gasteiger partial charge is 0.317 e. The summed E-state index contributed by atoms with van der Waals surface area (Å²) in [6.45, 7) is 0. The summed E-state index contributed by atoms with van der Waals surface area (Å²) in [5.41, 5.74) is -1.02. The van der Waals surface area contributed by atoms with Crippen molar-refractivity contribution in [2.75, 3.05) is 7.05 Å². The predicted molar refractivity (Wildman–Crippen MR) is 71.9 cm³/mol. The van der Waals surface area contributed by atoms with Crippen LogP contribution in [0.1, 0.15) is 36.2 Å². The third kappa shape index (κ3) is 1.68. The zero-order chi connectivity index (χ0) is 14.7. The summed E-state index contributed by atoms with van der Waals surface area (Å²) < 4.78 is 28.6. The Balaban J connectivity index is 2.18. The van der Waals surface area contributed by atoms with Gasteiger partial charge in [-0.25, -0.2) is 8.78 Å². The van der Waals surface area contributed by atoms with Crippen molar-refractivity contribution >= 4 is 21.8 Å². The van der Waals surface area contributed by atoms with Gasteiger partial charge in [0.15, 0.2) is 0 Å². The number of amides is 1. The second kappa shape index (κ2) is 4.13. The number of rotatable bonds is 0. The van der Waals surface area contributed by atoms with E-state index in [1.165, 1.54) is 15.5 Å². The number of carbonyl (C=O) groups excluding carboxylic acids is 1. The minimum absolute atomic E-state index is 0.0889. The molecule has 1 amide bonds. The van der Waals surface area contributed by atoms with E-state index in [0.29, 0.717) is 4.47 Å². The highest BCUT2D eigenvalue weighted by Crippen LogP contribution is 2.46. The first-order valence-electron chi connectivity index (χ1n) is 6.37. The maximum Gasteiger partial charge on any atom is 0.272 e. The Morgan fingerprint density at radius 3 is 2.35 bits per heavy atom. The molecule has 1 saturated carbocycles. The summed E-state index contributed by atoms with van der Waals surface area (Å²) in [5, 5.41) is 0. The number of halogens is 3. The summed E-state index contributed by atoms with van der Waals surface area (Å²) in [5.74, 6) is -3.01. The van der Waals surface area contributed by atoms with Crippen molar-refractivity contribution in [3.05, 3.63) is 32.7 Å². The fourth-order valence-electron chi connectivity index (χ4n) is 3.18. The fourth-order valence-corrected chi connectivity index (χ4v) is 3.49. The predicted octanol–water partition coefficient (Wildman–Crippen LogP) is 2.56. The Kier molecular flexibility index (Phi) is 2.83. The van der Waals surface area contributed by atoms with Crippen LogP contribution < -0.4 is 5.56 Å². The van der Waals surface area contributed by atoms with E-state index in [1.54, 1.807) is 13.1 Å². The van der Waals surface area contributed by atoms with Crippen molar-refractivity contribution < 1.29 is 13.6 Å². The van der Waals surface area contributed by atoms with Crippen LogP contribution in [-0.2, 0) is 5.66 Å². The van der Waals surface area contributed by atoms with E-state index >= 15 is 0 Å². The number of pyridine rings is 1. The minimum Gasteiger partial charge on any atom is -0.317 e. The van der Waals surface area contributed by atoms with Crippen molar-refractivity contribution in [2.24, 2.45) is 0 Å². The molecule has 4 nitrogen and oxygen atoms in total. The molecule has 20 heavy (non-hydrogen) atoms. The van der Waals surface area contributed by atoms with E-state index in [9.17, 15) is 18.4 Å². The van der Waals surface area contributed by atoms with Crippen LogP contribution in [0, 0.1) is 0 Å². The molecule has 0 radical (unpaired) electrons. The van der Waals surface area contributed by atoms with Crippen LogP contribution in [0.4, 0.5) is 8.78 Å². The zero-order valence-corrected chi connectivity index (χ0v) is 12.4. The van der Waals surface area contributed by atoms with Crippen molar-refractivity contribution in [3.63, 3.8) is 0 Å². The highest BCUT2D eigenvalue weighted by atomic mass is 79.9. The van der Waals surface area contributed by atoms with E-state index in [2.05, 4.69) is 15.9 Å². The van der Waals surface area contributed by atoms with Crippen LogP contribution in [0.2, 0.25) is 0 Å². The van der Waals surface area contributed by atoms with Crippen LogP contribution >= 0.6 is 15.9 Å². The number of nitrogens with zero attached hydrogens (tertiary/aromatic N) is 2. The van der Waals surface area contributed by atoms with Crippen molar-refractivity contribution in [1.29, 1.82) is 0 Å². The van der Waals surface area contributed by atoms with Gasteiger partial charge in [0.05, 0.1) is 4.47 Å². The Labute approximate surface area is 122 Å². The second-order valence-electron chi connectivity index (χ2n) is 5.41. The SMILES string of the molecule is CN1C(=O)c2ccc(Br)c(=O)n2C12CCC(F)(F)CC2. The van der Waals surface area contributed by atoms with Gasteiger partial charge in [0.2, 0.25) is 5.92 Å². The maximum atomic E-state index is 13.4. The molecule has 1 aromatic rings. The van der Waals surface area contributed by atoms with E-state index in [4.69, 9.17) is 0 Å². The molecule has 0 unspecified atom stereocenters. The van der Waals surface area contributed by atoms with Gasteiger partial charge in [-0.3, -0.25) is 14.2 Å². The van der Waals surface area contributed by atoms with E-state index in [0.717, 1.165) is 0 Å². The second-order valence-corrected chi connectivity index (χ2v) is 6.26. The standard InChI is InChI=1S/C13H13BrF2N2O2/c1-17-11(20)9-3-2-8(14)10(19)18(9)13(17)6-4-12(15,16)5-7-13/h2-3H,4-7H2,1H3. The monoisotopic (exact) mass is 346 g/mol. The Bertz CT molecular complexity index is 646. The Morgan fingerprint density at radius 2 is 1.75 bits per heavy atom. The maximum absolute atomic E-state index is 13.4. The van der Waals surface area contributed by atoms with E-state index in [-0.39, 0.29) is 42.8 Å². The van der Waals surface area contributed by atoms with E-state index < -0.39 is 11.6 Å². The molecule has 0 N–H and O–H groups in total. The number of carbonyl (C=O) groups is 1. The van der Waals surface area contributed by atoms with E-state index in [1.807, 2.05) is 0 Å². The molecule has 1 aromatic heterocycles. The molecule has 1 fully saturated rings. The molecule has 1 aliphatic heterocycles. The lowest BCUT2D eigenvalue weighted by Gasteiger charge is -2.42. The Morgan fingerprint density at radius 1 is 1.15 bits per heavy atom. The first kappa shape index (κ1) is 13.7. The molecule has 0 bridgehead atoms. The summed E-state index contributed by atoms with van der Waals surface area (Å²) in [4.78, 5) is 26.0. The van der Waals surface area contributed by atoms with Gasteiger partial charge < -0.3 is 4.90 Å². The number of aromatic nitrogens is 1. The smallest absolute Gasteiger partial charge is 0.272 e. The minimum atomic E-state index is -2.71. The molecule has 1 spiro atoms. The molecule has 0 saturated heterocycles. The molecular formula is C13H13BrF2N2O2. The number of hydrogen-bond donors (Lipinski definition) is 0. The third-order valence-electron chi connectivity index (χ3n) is 4.38. The third-order valence-corrected chi connectivity index (χ3v) is 4.99. The van der Waals surface area contributed by atoms with Crippen molar-refractivity contribution in [1.82, 2.24) is 9.47 Å². The van der Waals surface area contributed by atoms with Gasteiger partial charge >= 0.3 is 0 Å². The molecule has 7 heteroatoms. The van der Waals surface area contributed by atoms with Gasteiger partial charge in [-0.15, -0.1) is 0 Å². The zero-order valence-electron chi connectivity index (χ0n) is 10.8. The number of hydrogen-bond acceptors (Lipinski definition) is 2. The lowest BCUT2D eigenvalue weighted by atomic mass is 9.85. The molecule has 2 heterocycles. The number of fused-ring (bicyclic) bond motifs is 2. The van der Waals surface area contributed by atoms with Gasteiger partial charge in [0, 0.05) is 19.9 Å². The van der Waals surface area contributed by atoms with Crippen LogP contribution in [0.15, 0.2) is 21.4 Å². The highest BCUT2D eigenvalue weighted by molar-refractivity contribution is 9.10. The number of alkyl halides is 2. The first-order chi connectivity index (χ1) is 9.28. The summed E-state index contributed by atoms with van der Waals surface area (Å²) in [7, 11) is 1.58. The molecule has 0 aromatic carbocycles.